The maximum absolute atomic E-state index is 10.8. The smallest absolute Gasteiger partial charge is 0.118 e. The van der Waals surface area contributed by atoms with E-state index >= 15 is 0 Å². The van der Waals surface area contributed by atoms with Gasteiger partial charge in [0.15, 0.2) is 0 Å². The molecule has 2 N–H and O–H groups in total. The lowest BCUT2D eigenvalue weighted by Crippen LogP contribution is -2.15. The Labute approximate surface area is 169 Å². The molecule has 0 saturated carbocycles. The minimum absolute atomic E-state index is 0.0967. The van der Waals surface area contributed by atoms with Gasteiger partial charge in [-0.3, -0.25) is 0 Å². The maximum atomic E-state index is 10.8. The van der Waals surface area contributed by atoms with Crippen LogP contribution < -0.4 is 10.1 Å². The third-order valence-corrected chi connectivity index (χ3v) is 4.92. The third-order valence-electron chi connectivity index (χ3n) is 4.42. The molecular formula is C22H21Cl2NO2. The van der Waals surface area contributed by atoms with Gasteiger partial charge in [0.05, 0.1) is 19.3 Å². The first-order valence-corrected chi connectivity index (χ1v) is 9.40. The van der Waals surface area contributed by atoms with E-state index in [9.17, 15) is 5.11 Å². The molecule has 0 fully saturated rings. The molecule has 0 amide bonds. The normalized spacial score (nSPS) is 13.0. The van der Waals surface area contributed by atoms with Crippen molar-refractivity contribution >= 4 is 28.9 Å². The first kappa shape index (κ1) is 19.6. The average Bonchev–Trinajstić information content (AvgIpc) is 2.70. The van der Waals surface area contributed by atoms with Gasteiger partial charge in [-0.15, -0.1) is 0 Å². The van der Waals surface area contributed by atoms with E-state index in [2.05, 4.69) is 5.32 Å². The topological polar surface area (TPSA) is 41.5 Å². The lowest BCUT2D eigenvalue weighted by Gasteiger charge is -2.24. The lowest BCUT2D eigenvalue weighted by molar-refractivity contribution is 0.160. The van der Waals surface area contributed by atoms with E-state index in [1.807, 2.05) is 72.8 Å². The Balaban J connectivity index is 1.81. The highest BCUT2D eigenvalue weighted by atomic mass is 35.5. The van der Waals surface area contributed by atoms with Crippen LogP contribution in [0.5, 0.6) is 5.75 Å². The highest BCUT2D eigenvalue weighted by Gasteiger charge is 2.18. The van der Waals surface area contributed by atoms with Crippen LogP contribution in [0.15, 0.2) is 72.8 Å². The van der Waals surface area contributed by atoms with Crippen molar-refractivity contribution < 1.29 is 9.84 Å². The second-order valence-corrected chi connectivity index (χ2v) is 7.15. The van der Waals surface area contributed by atoms with Crippen molar-refractivity contribution in [3.8, 4) is 5.75 Å². The molecule has 0 aliphatic carbocycles. The van der Waals surface area contributed by atoms with Crippen molar-refractivity contribution in [1.82, 2.24) is 0 Å². The molecule has 0 saturated heterocycles. The zero-order chi connectivity index (χ0) is 19.2. The largest absolute Gasteiger partial charge is 0.497 e. The molecule has 3 nitrogen and oxygen atoms in total. The lowest BCUT2D eigenvalue weighted by atomic mass is 9.96. The molecule has 140 valence electrons. The number of anilines is 1. The van der Waals surface area contributed by atoms with Crippen molar-refractivity contribution in [1.29, 1.82) is 0 Å². The molecule has 2 atom stereocenters. The Bertz CT molecular complexity index is 849. The zero-order valence-corrected chi connectivity index (χ0v) is 16.4. The quantitative estimate of drug-likeness (QED) is 0.489. The van der Waals surface area contributed by atoms with Crippen LogP contribution in [-0.4, -0.2) is 12.2 Å². The van der Waals surface area contributed by atoms with Gasteiger partial charge in [0.1, 0.15) is 5.75 Å². The van der Waals surface area contributed by atoms with E-state index in [4.69, 9.17) is 27.9 Å². The number of aliphatic hydroxyl groups excluding tert-OH is 1. The second-order valence-electron chi connectivity index (χ2n) is 6.28. The molecule has 0 spiro atoms. The van der Waals surface area contributed by atoms with E-state index < -0.39 is 6.10 Å². The van der Waals surface area contributed by atoms with Gasteiger partial charge in [-0.05, 0) is 59.7 Å². The van der Waals surface area contributed by atoms with Gasteiger partial charge in [0, 0.05) is 22.2 Å². The van der Waals surface area contributed by atoms with Crippen LogP contribution >= 0.6 is 23.2 Å². The molecule has 2 unspecified atom stereocenters. The SMILES string of the molecule is COc1ccc(C(O)CC(Nc2ccc(Cl)cc2)c2ccc(Cl)cc2)cc1. The van der Waals surface area contributed by atoms with Crippen LogP contribution in [0, 0.1) is 0 Å². The van der Waals surface area contributed by atoms with Crippen LogP contribution in [-0.2, 0) is 0 Å². The highest BCUT2D eigenvalue weighted by Crippen LogP contribution is 2.31. The summed E-state index contributed by atoms with van der Waals surface area (Å²) in [5, 5.41) is 15.6. The van der Waals surface area contributed by atoms with Crippen LogP contribution in [0.25, 0.3) is 0 Å². The summed E-state index contributed by atoms with van der Waals surface area (Å²) in [6, 6.07) is 22.5. The molecule has 3 aromatic rings. The summed E-state index contributed by atoms with van der Waals surface area (Å²) in [4.78, 5) is 0. The standard InChI is InChI=1S/C22H21Cl2NO2/c1-27-20-12-4-16(5-13-20)22(26)14-21(15-2-6-17(23)7-3-15)25-19-10-8-18(24)9-11-19/h2-13,21-22,25-26H,14H2,1H3. The number of rotatable bonds is 7. The van der Waals surface area contributed by atoms with Gasteiger partial charge >= 0.3 is 0 Å². The van der Waals surface area contributed by atoms with Gasteiger partial charge in [0.2, 0.25) is 0 Å². The number of ether oxygens (including phenoxy) is 1. The van der Waals surface area contributed by atoms with Crippen molar-refractivity contribution in [3.63, 3.8) is 0 Å². The van der Waals surface area contributed by atoms with Crippen molar-refractivity contribution in [2.45, 2.75) is 18.6 Å². The Hall–Kier alpha value is -2.20. The Kier molecular flexibility index (Phi) is 6.62. The van der Waals surface area contributed by atoms with Crippen LogP contribution in [0.2, 0.25) is 10.0 Å². The summed E-state index contributed by atoms with van der Waals surface area (Å²) in [7, 11) is 1.62. The monoisotopic (exact) mass is 401 g/mol. The van der Waals surface area contributed by atoms with Gasteiger partial charge in [-0.1, -0.05) is 47.5 Å². The fourth-order valence-corrected chi connectivity index (χ4v) is 3.16. The van der Waals surface area contributed by atoms with Gasteiger partial charge < -0.3 is 15.2 Å². The Morgan fingerprint density at radius 2 is 1.33 bits per heavy atom. The molecule has 27 heavy (non-hydrogen) atoms. The van der Waals surface area contributed by atoms with Crippen molar-refractivity contribution in [3.05, 3.63) is 94.0 Å². The summed E-state index contributed by atoms with van der Waals surface area (Å²) in [6.07, 6.45) is -0.132. The third kappa shape index (κ3) is 5.39. The predicted octanol–water partition coefficient (Wildman–Crippen LogP) is 6.28. The second kappa shape index (κ2) is 9.14. The van der Waals surface area contributed by atoms with Crippen molar-refractivity contribution in [2.75, 3.05) is 12.4 Å². The molecule has 0 bridgehead atoms. The van der Waals surface area contributed by atoms with Crippen LogP contribution in [0.1, 0.15) is 29.7 Å². The fraction of sp³-hybridized carbons (Fsp3) is 0.182. The van der Waals surface area contributed by atoms with E-state index in [0.717, 1.165) is 22.6 Å². The molecule has 5 heteroatoms. The fourth-order valence-electron chi connectivity index (χ4n) is 2.91. The van der Waals surface area contributed by atoms with E-state index in [0.29, 0.717) is 16.5 Å². The molecule has 0 aromatic heterocycles. The maximum Gasteiger partial charge on any atom is 0.118 e. The van der Waals surface area contributed by atoms with E-state index in [1.54, 1.807) is 7.11 Å². The number of nitrogens with one attached hydrogen (secondary N) is 1. The van der Waals surface area contributed by atoms with Crippen LogP contribution in [0.3, 0.4) is 0 Å². The molecule has 3 aromatic carbocycles. The number of halogens is 2. The molecule has 0 aliphatic rings. The number of benzene rings is 3. The molecular weight excluding hydrogens is 381 g/mol. The van der Waals surface area contributed by atoms with E-state index in [-0.39, 0.29) is 6.04 Å². The Morgan fingerprint density at radius 3 is 1.89 bits per heavy atom. The van der Waals surface area contributed by atoms with Gasteiger partial charge in [-0.25, -0.2) is 0 Å². The molecule has 0 aliphatic heterocycles. The zero-order valence-electron chi connectivity index (χ0n) is 14.9. The summed E-state index contributed by atoms with van der Waals surface area (Å²) >= 11 is 12.0. The minimum atomic E-state index is -0.628. The molecule has 0 heterocycles. The van der Waals surface area contributed by atoms with Crippen molar-refractivity contribution in [2.24, 2.45) is 0 Å². The predicted molar refractivity (Wildman–Crippen MR) is 112 cm³/mol. The highest BCUT2D eigenvalue weighted by molar-refractivity contribution is 6.30. The average molecular weight is 402 g/mol. The first-order chi connectivity index (χ1) is 13.0. The summed E-state index contributed by atoms with van der Waals surface area (Å²) in [6.45, 7) is 0. The summed E-state index contributed by atoms with van der Waals surface area (Å²) in [5.74, 6) is 0.763. The summed E-state index contributed by atoms with van der Waals surface area (Å²) in [5.41, 5.74) is 2.82. The molecule has 0 radical (unpaired) electrons. The Morgan fingerprint density at radius 1 is 0.815 bits per heavy atom. The number of hydrogen-bond donors (Lipinski definition) is 2. The minimum Gasteiger partial charge on any atom is -0.497 e. The summed E-state index contributed by atoms with van der Waals surface area (Å²) < 4.78 is 5.18. The number of hydrogen-bond acceptors (Lipinski definition) is 3. The molecule has 3 rings (SSSR count). The van der Waals surface area contributed by atoms with Gasteiger partial charge in [0.25, 0.3) is 0 Å². The van der Waals surface area contributed by atoms with Gasteiger partial charge in [-0.2, -0.15) is 0 Å². The van der Waals surface area contributed by atoms with Crippen LogP contribution in [0.4, 0.5) is 5.69 Å². The van der Waals surface area contributed by atoms with E-state index in [1.165, 1.54) is 0 Å². The number of aliphatic hydroxyl groups is 1. The number of methoxy groups -OCH3 is 1. The first-order valence-electron chi connectivity index (χ1n) is 8.65.